The second kappa shape index (κ2) is 8.42. The van der Waals surface area contributed by atoms with Crippen molar-refractivity contribution in [3.63, 3.8) is 0 Å². The Kier molecular flexibility index (Phi) is 5.65. The molecule has 0 aliphatic heterocycles. The highest BCUT2D eigenvalue weighted by Gasteiger charge is 2.18. The number of aryl methyl sites for hydroxylation is 6. The van der Waals surface area contributed by atoms with Gasteiger partial charge >= 0.3 is 0 Å². The topological polar surface area (TPSA) is 81.8 Å². The van der Waals surface area contributed by atoms with Crippen molar-refractivity contribution in [1.82, 2.24) is 19.6 Å². The zero-order valence-corrected chi connectivity index (χ0v) is 19.1. The maximum absolute atomic E-state index is 13.1. The first-order valence-corrected chi connectivity index (χ1v) is 10.7. The lowest BCUT2D eigenvalue weighted by Crippen LogP contribution is -2.26. The molecule has 0 saturated heterocycles. The van der Waals surface area contributed by atoms with Gasteiger partial charge in [0.05, 0.1) is 29.0 Å². The third-order valence-corrected chi connectivity index (χ3v) is 5.68. The van der Waals surface area contributed by atoms with Gasteiger partial charge < -0.3 is 5.32 Å². The number of carbonyl (C=O) groups excluding carboxylic acids is 1. The first-order valence-electron chi connectivity index (χ1n) is 10.7. The number of hydrogen-bond donors (Lipinski definition) is 1. The van der Waals surface area contributed by atoms with E-state index in [0.717, 1.165) is 39.1 Å². The van der Waals surface area contributed by atoms with Crippen LogP contribution in [0.4, 0.5) is 5.69 Å². The van der Waals surface area contributed by atoms with Gasteiger partial charge in [-0.3, -0.25) is 9.59 Å². The third kappa shape index (κ3) is 3.93. The van der Waals surface area contributed by atoms with Crippen LogP contribution >= 0.6 is 0 Å². The molecule has 164 valence electrons. The van der Waals surface area contributed by atoms with E-state index >= 15 is 0 Å². The first-order chi connectivity index (χ1) is 15.3. The van der Waals surface area contributed by atoms with E-state index < -0.39 is 0 Å². The van der Waals surface area contributed by atoms with Gasteiger partial charge in [0.15, 0.2) is 5.52 Å². The van der Waals surface area contributed by atoms with Gasteiger partial charge in [0.2, 0.25) is 5.91 Å². The highest BCUT2D eigenvalue weighted by atomic mass is 16.2. The Morgan fingerprint density at radius 3 is 2.28 bits per heavy atom. The summed E-state index contributed by atoms with van der Waals surface area (Å²) in [5.74, 6) is -0.155. The number of aromatic nitrogens is 4. The Balaban J connectivity index is 1.60. The lowest BCUT2D eigenvalue weighted by molar-refractivity contribution is -0.116. The minimum Gasteiger partial charge on any atom is -0.326 e. The highest BCUT2D eigenvalue weighted by Crippen LogP contribution is 2.23. The van der Waals surface area contributed by atoms with Crippen molar-refractivity contribution in [2.24, 2.45) is 0 Å². The van der Waals surface area contributed by atoms with Crippen molar-refractivity contribution >= 4 is 22.5 Å². The van der Waals surface area contributed by atoms with Crippen LogP contribution in [0.5, 0.6) is 0 Å². The maximum atomic E-state index is 13.1. The molecule has 0 fully saturated rings. The fraction of sp³-hybridized carbons (Fsp3) is 0.280. The van der Waals surface area contributed by atoms with Crippen LogP contribution in [-0.4, -0.2) is 25.5 Å². The van der Waals surface area contributed by atoms with E-state index in [1.165, 1.54) is 4.68 Å². The van der Waals surface area contributed by atoms with Crippen molar-refractivity contribution in [3.8, 4) is 5.69 Å². The minimum absolute atomic E-state index is 0.142. The van der Waals surface area contributed by atoms with Crippen molar-refractivity contribution in [3.05, 3.63) is 80.9 Å². The minimum atomic E-state index is -0.293. The zero-order valence-electron chi connectivity index (χ0n) is 19.1. The van der Waals surface area contributed by atoms with Crippen LogP contribution in [0.15, 0.2) is 47.3 Å². The number of carbonyl (C=O) groups is 1. The van der Waals surface area contributed by atoms with Gasteiger partial charge in [-0.1, -0.05) is 35.9 Å². The van der Waals surface area contributed by atoms with Crippen LogP contribution in [0.3, 0.4) is 0 Å². The molecule has 0 atom stereocenters. The molecule has 7 nitrogen and oxygen atoms in total. The van der Waals surface area contributed by atoms with Crippen molar-refractivity contribution in [2.75, 3.05) is 5.32 Å². The first kappa shape index (κ1) is 21.5. The van der Waals surface area contributed by atoms with E-state index in [4.69, 9.17) is 0 Å². The Labute approximate surface area is 186 Å². The number of nitrogens with zero attached hydrogens (tertiary/aromatic N) is 4. The molecule has 1 N–H and O–H groups in total. The number of hydrogen-bond acceptors (Lipinski definition) is 4. The van der Waals surface area contributed by atoms with E-state index in [9.17, 15) is 9.59 Å². The molecule has 2 aromatic carbocycles. The van der Waals surface area contributed by atoms with Crippen molar-refractivity contribution < 1.29 is 4.79 Å². The normalized spacial score (nSPS) is 11.2. The molecular formula is C25H27N5O2. The number of rotatable bonds is 5. The molecular weight excluding hydrogens is 402 g/mol. The second-order valence-corrected chi connectivity index (χ2v) is 8.24. The molecule has 0 radical (unpaired) electrons. The van der Waals surface area contributed by atoms with Crippen LogP contribution in [0, 0.1) is 34.6 Å². The number of amides is 1. The van der Waals surface area contributed by atoms with Gasteiger partial charge in [-0.05, 0) is 57.9 Å². The van der Waals surface area contributed by atoms with Gasteiger partial charge in [0.1, 0.15) is 0 Å². The Morgan fingerprint density at radius 1 is 0.969 bits per heavy atom. The summed E-state index contributed by atoms with van der Waals surface area (Å²) in [5, 5.41) is 12.8. The molecule has 0 spiro atoms. The average molecular weight is 430 g/mol. The predicted octanol–water partition coefficient (Wildman–Crippen LogP) is 4.15. The summed E-state index contributed by atoms with van der Waals surface area (Å²) in [6.45, 7) is 9.96. The maximum Gasteiger partial charge on any atom is 0.295 e. The lowest BCUT2D eigenvalue weighted by atomic mass is 10.1. The van der Waals surface area contributed by atoms with Gasteiger partial charge in [0, 0.05) is 12.1 Å². The molecule has 2 heterocycles. The van der Waals surface area contributed by atoms with E-state index in [1.807, 2.05) is 77.1 Å². The van der Waals surface area contributed by atoms with E-state index in [-0.39, 0.29) is 24.4 Å². The summed E-state index contributed by atoms with van der Waals surface area (Å²) in [5.41, 5.74) is 6.55. The predicted molar refractivity (Wildman–Crippen MR) is 126 cm³/mol. The van der Waals surface area contributed by atoms with E-state index in [0.29, 0.717) is 11.2 Å². The summed E-state index contributed by atoms with van der Waals surface area (Å²) in [7, 11) is 0. The second-order valence-electron chi connectivity index (χ2n) is 8.24. The van der Waals surface area contributed by atoms with Gasteiger partial charge in [-0.25, -0.2) is 9.36 Å². The quantitative estimate of drug-likeness (QED) is 0.517. The van der Waals surface area contributed by atoms with Gasteiger partial charge in [0.25, 0.3) is 5.56 Å². The Hall–Kier alpha value is -3.74. The van der Waals surface area contributed by atoms with Gasteiger partial charge in [-0.15, -0.1) is 0 Å². The fourth-order valence-corrected chi connectivity index (χ4v) is 4.24. The van der Waals surface area contributed by atoms with Crippen LogP contribution in [0.2, 0.25) is 0 Å². The monoisotopic (exact) mass is 429 g/mol. The molecule has 0 aliphatic carbocycles. The molecule has 7 heteroatoms. The van der Waals surface area contributed by atoms with Crippen molar-refractivity contribution in [2.45, 2.75) is 47.6 Å². The molecule has 4 rings (SSSR count). The highest BCUT2D eigenvalue weighted by molar-refractivity contribution is 5.92. The average Bonchev–Trinajstić information content (AvgIpc) is 3.11. The largest absolute Gasteiger partial charge is 0.326 e. The molecule has 2 aromatic heterocycles. The summed E-state index contributed by atoms with van der Waals surface area (Å²) >= 11 is 0. The van der Waals surface area contributed by atoms with Crippen LogP contribution in [0.25, 0.3) is 16.6 Å². The number of nitrogens with one attached hydrogen (secondary N) is 1. The smallest absolute Gasteiger partial charge is 0.295 e. The SMILES string of the molecule is Cc1cc(C)c(NC(=O)CCn2nc(C)c3c(C)n(-c4ccccc4)nc3c2=O)c(C)c1. The Morgan fingerprint density at radius 2 is 1.62 bits per heavy atom. The summed E-state index contributed by atoms with van der Waals surface area (Å²) in [4.78, 5) is 25.7. The fourth-order valence-electron chi connectivity index (χ4n) is 4.24. The summed E-state index contributed by atoms with van der Waals surface area (Å²) in [6, 6.07) is 13.8. The Bertz CT molecular complexity index is 1360. The number of benzene rings is 2. The molecule has 4 aromatic rings. The van der Waals surface area contributed by atoms with Crippen LogP contribution in [0.1, 0.15) is 34.5 Å². The molecule has 32 heavy (non-hydrogen) atoms. The van der Waals surface area contributed by atoms with Crippen LogP contribution in [-0.2, 0) is 11.3 Å². The third-order valence-electron chi connectivity index (χ3n) is 5.68. The zero-order chi connectivity index (χ0) is 23.0. The standard InChI is InChI=1S/C25H27N5O2/c1-15-13-16(2)23(17(3)14-15)26-21(31)11-12-29-25(32)24-22(18(4)27-29)19(5)30(28-24)20-9-7-6-8-10-20/h6-10,13-14H,11-12H2,1-5H3,(H,26,31). The lowest BCUT2D eigenvalue weighted by Gasteiger charge is -2.13. The number of para-hydroxylation sites is 1. The molecule has 0 saturated carbocycles. The molecule has 0 aliphatic rings. The van der Waals surface area contributed by atoms with E-state index in [1.54, 1.807) is 4.68 Å². The van der Waals surface area contributed by atoms with Crippen LogP contribution < -0.4 is 10.9 Å². The number of anilines is 1. The molecule has 0 unspecified atom stereocenters. The van der Waals surface area contributed by atoms with Gasteiger partial charge in [-0.2, -0.15) is 10.2 Å². The van der Waals surface area contributed by atoms with Crippen molar-refractivity contribution in [1.29, 1.82) is 0 Å². The van der Waals surface area contributed by atoms with E-state index in [2.05, 4.69) is 15.5 Å². The number of fused-ring (bicyclic) bond motifs is 1. The summed E-state index contributed by atoms with van der Waals surface area (Å²) in [6.07, 6.45) is 0.142. The molecule has 0 bridgehead atoms. The molecule has 1 amide bonds. The summed E-state index contributed by atoms with van der Waals surface area (Å²) < 4.78 is 3.11.